The summed E-state index contributed by atoms with van der Waals surface area (Å²) in [6, 6.07) is 8.53. The lowest BCUT2D eigenvalue weighted by atomic mass is 10.2. The molecule has 0 atom stereocenters. The molecule has 0 fully saturated rings. The average Bonchev–Trinajstić information content (AvgIpc) is 2.69. The molecule has 0 saturated heterocycles. The third-order valence-corrected chi connectivity index (χ3v) is 2.91. The first-order valence-electron chi connectivity index (χ1n) is 6.57. The van der Waals surface area contributed by atoms with Gasteiger partial charge in [-0.15, -0.1) is 0 Å². The van der Waals surface area contributed by atoms with Crippen molar-refractivity contribution in [2.45, 2.75) is 33.9 Å². The van der Waals surface area contributed by atoms with Crippen molar-refractivity contribution in [1.82, 2.24) is 9.78 Å². The number of halogens is 1. The van der Waals surface area contributed by atoms with E-state index < -0.39 is 0 Å². The molecule has 0 saturated carbocycles. The fraction of sp³-hybridized carbons (Fsp3) is 0.400. The molecular weight excluding hydrogens is 241 g/mol. The number of benzene rings is 1. The molecule has 102 valence electrons. The number of anilines is 1. The molecule has 1 aromatic carbocycles. The second-order valence-corrected chi connectivity index (χ2v) is 5.23. The zero-order valence-corrected chi connectivity index (χ0v) is 11.7. The van der Waals surface area contributed by atoms with Crippen LogP contribution in [-0.2, 0) is 13.1 Å². The van der Waals surface area contributed by atoms with Crippen molar-refractivity contribution in [2.75, 3.05) is 5.32 Å². The SMILES string of the molecule is Cc1cc(NCc2ccc(F)cc2)nn1CC(C)C. The fourth-order valence-corrected chi connectivity index (χ4v) is 1.92. The van der Waals surface area contributed by atoms with Gasteiger partial charge in [-0.05, 0) is 30.5 Å². The van der Waals surface area contributed by atoms with Crippen LogP contribution in [0.1, 0.15) is 25.1 Å². The molecule has 1 aromatic heterocycles. The highest BCUT2D eigenvalue weighted by atomic mass is 19.1. The van der Waals surface area contributed by atoms with E-state index >= 15 is 0 Å². The monoisotopic (exact) mass is 261 g/mol. The standard InChI is InChI=1S/C15H20FN3/c1-11(2)10-19-12(3)8-15(18-19)17-9-13-4-6-14(16)7-5-13/h4-8,11H,9-10H2,1-3H3,(H,17,18). The van der Waals surface area contributed by atoms with E-state index in [4.69, 9.17) is 0 Å². The van der Waals surface area contributed by atoms with E-state index in [0.29, 0.717) is 12.5 Å². The molecule has 2 rings (SSSR count). The van der Waals surface area contributed by atoms with Crippen molar-refractivity contribution < 1.29 is 4.39 Å². The Morgan fingerprint density at radius 2 is 1.95 bits per heavy atom. The van der Waals surface area contributed by atoms with Crippen molar-refractivity contribution in [2.24, 2.45) is 5.92 Å². The van der Waals surface area contributed by atoms with Gasteiger partial charge >= 0.3 is 0 Å². The molecule has 4 heteroatoms. The number of aryl methyl sites for hydroxylation is 1. The van der Waals surface area contributed by atoms with Crippen LogP contribution in [0.25, 0.3) is 0 Å². The lowest BCUT2D eigenvalue weighted by Crippen LogP contribution is -2.08. The molecule has 0 radical (unpaired) electrons. The normalized spacial score (nSPS) is 11.0. The van der Waals surface area contributed by atoms with Gasteiger partial charge in [0.25, 0.3) is 0 Å². The first-order valence-corrected chi connectivity index (χ1v) is 6.57. The fourth-order valence-electron chi connectivity index (χ4n) is 1.92. The van der Waals surface area contributed by atoms with E-state index in [1.165, 1.54) is 12.1 Å². The zero-order chi connectivity index (χ0) is 13.8. The molecule has 3 nitrogen and oxygen atoms in total. The Hall–Kier alpha value is -1.84. The second-order valence-electron chi connectivity index (χ2n) is 5.23. The molecule has 0 aliphatic carbocycles. The van der Waals surface area contributed by atoms with Crippen LogP contribution in [0.5, 0.6) is 0 Å². The topological polar surface area (TPSA) is 29.9 Å². The lowest BCUT2D eigenvalue weighted by Gasteiger charge is -2.06. The van der Waals surface area contributed by atoms with Gasteiger partial charge in [0, 0.05) is 24.8 Å². The quantitative estimate of drug-likeness (QED) is 0.891. The summed E-state index contributed by atoms with van der Waals surface area (Å²) < 4.78 is 14.8. The van der Waals surface area contributed by atoms with Crippen LogP contribution in [-0.4, -0.2) is 9.78 Å². The predicted molar refractivity (Wildman–Crippen MR) is 75.5 cm³/mol. The summed E-state index contributed by atoms with van der Waals surface area (Å²) >= 11 is 0. The van der Waals surface area contributed by atoms with Gasteiger partial charge in [0.2, 0.25) is 0 Å². The minimum Gasteiger partial charge on any atom is -0.365 e. The van der Waals surface area contributed by atoms with Crippen LogP contribution < -0.4 is 5.32 Å². The first kappa shape index (κ1) is 13.6. The Morgan fingerprint density at radius 1 is 1.26 bits per heavy atom. The summed E-state index contributed by atoms with van der Waals surface area (Å²) in [5, 5.41) is 7.77. The molecule has 2 aromatic rings. The molecule has 0 aliphatic heterocycles. The third-order valence-electron chi connectivity index (χ3n) is 2.91. The van der Waals surface area contributed by atoms with E-state index in [-0.39, 0.29) is 5.82 Å². The highest BCUT2D eigenvalue weighted by molar-refractivity contribution is 5.36. The van der Waals surface area contributed by atoms with Crippen molar-refractivity contribution >= 4 is 5.82 Å². The molecule has 0 spiro atoms. The lowest BCUT2D eigenvalue weighted by molar-refractivity contribution is 0.475. The van der Waals surface area contributed by atoms with Crippen LogP contribution in [0.2, 0.25) is 0 Å². The highest BCUT2D eigenvalue weighted by Gasteiger charge is 2.05. The minimum atomic E-state index is -0.208. The van der Waals surface area contributed by atoms with Gasteiger partial charge in [-0.1, -0.05) is 26.0 Å². The molecule has 1 N–H and O–H groups in total. The summed E-state index contributed by atoms with van der Waals surface area (Å²) in [6.07, 6.45) is 0. The van der Waals surface area contributed by atoms with Gasteiger partial charge in [-0.2, -0.15) is 5.10 Å². The van der Waals surface area contributed by atoms with Crippen molar-refractivity contribution in [3.05, 3.63) is 47.4 Å². The third kappa shape index (κ3) is 3.81. The number of aromatic nitrogens is 2. The zero-order valence-electron chi connectivity index (χ0n) is 11.7. The molecule has 0 aliphatic rings. The van der Waals surface area contributed by atoms with Crippen LogP contribution in [0.15, 0.2) is 30.3 Å². The molecule has 0 bridgehead atoms. The Bertz CT molecular complexity index is 529. The Kier molecular flexibility index (Phi) is 4.20. The van der Waals surface area contributed by atoms with Gasteiger partial charge in [-0.3, -0.25) is 4.68 Å². The molecule has 1 heterocycles. The second kappa shape index (κ2) is 5.87. The maximum absolute atomic E-state index is 12.8. The largest absolute Gasteiger partial charge is 0.365 e. The van der Waals surface area contributed by atoms with E-state index in [2.05, 4.69) is 31.2 Å². The van der Waals surface area contributed by atoms with Gasteiger partial charge in [-0.25, -0.2) is 4.39 Å². The van der Waals surface area contributed by atoms with Crippen molar-refractivity contribution in [1.29, 1.82) is 0 Å². The number of hydrogen-bond donors (Lipinski definition) is 1. The Morgan fingerprint density at radius 3 is 2.58 bits per heavy atom. The summed E-state index contributed by atoms with van der Waals surface area (Å²) in [5.41, 5.74) is 2.19. The van der Waals surface area contributed by atoms with Crippen molar-refractivity contribution in [3.63, 3.8) is 0 Å². The number of nitrogens with one attached hydrogen (secondary N) is 1. The molecular formula is C15H20FN3. The predicted octanol–water partition coefficient (Wildman–Crippen LogP) is 3.60. The molecule has 0 unspecified atom stereocenters. The summed E-state index contributed by atoms with van der Waals surface area (Å²) in [5.74, 6) is 1.23. The van der Waals surface area contributed by atoms with E-state index in [0.717, 1.165) is 23.6 Å². The van der Waals surface area contributed by atoms with Gasteiger partial charge in [0.1, 0.15) is 11.6 Å². The van der Waals surface area contributed by atoms with Crippen LogP contribution in [0.3, 0.4) is 0 Å². The van der Waals surface area contributed by atoms with Crippen LogP contribution >= 0.6 is 0 Å². The van der Waals surface area contributed by atoms with E-state index in [9.17, 15) is 4.39 Å². The maximum Gasteiger partial charge on any atom is 0.148 e. The highest BCUT2D eigenvalue weighted by Crippen LogP contribution is 2.12. The van der Waals surface area contributed by atoms with Crippen LogP contribution in [0.4, 0.5) is 10.2 Å². The maximum atomic E-state index is 12.8. The van der Waals surface area contributed by atoms with Gasteiger partial charge in [0.15, 0.2) is 0 Å². The Balaban J connectivity index is 1.98. The molecule has 0 amide bonds. The first-order chi connectivity index (χ1) is 9.04. The van der Waals surface area contributed by atoms with Crippen LogP contribution in [0, 0.1) is 18.7 Å². The number of rotatable bonds is 5. The van der Waals surface area contributed by atoms with Crippen molar-refractivity contribution in [3.8, 4) is 0 Å². The minimum absolute atomic E-state index is 0.208. The summed E-state index contributed by atoms with van der Waals surface area (Å²) in [4.78, 5) is 0. The van der Waals surface area contributed by atoms with E-state index in [1.54, 1.807) is 12.1 Å². The van der Waals surface area contributed by atoms with Gasteiger partial charge in [0.05, 0.1) is 0 Å². The number of nitrogens with zero attached hydrogens (tertiary/aromatic N) is 2. The molecule has 19 heavy (non-hydrogen) atoms. The summed E-state index contributed by atoms with van der Waals surface area (Å²) in [7, 11) is 0. The van der Waals surface area contributed by atoms with Gasteiger partial charge < -0.3 is 5.32 Å². The van der Waals surface area contributed by atoms with E-state index in [1.807, 2.05) is 10.7 Å². The summed E-state index contributed by atoms with van der Waals surface area (Å²) in [6.45, 7) is 7.97. The Labute approximate surface area is 113 Å². The number of hydrogen-bond acceptors (Lipinski definition) is 2. The smallest absolute Gasteiger partial charge is 0.148 e. The average molecular weight is 261 g/mol.